The van der Waals surface area contributed by atoms with Crippen molar-refractivity contribution in [3.05, 3.63) is 65.7 Å². The third-order valence-electron chi connectivity index (χ3n) is 4.53. The molecule has 1 aliphatic heterocycles. The van der Waals surface area contributed by atoms with Crippen molar-refractivity contribution in [3.8, 4) is 5.75 Å². The van der Waals surface area contributed by atoms with Crippen LogP contribution in [0.3, 0.4) is 0 Å². The molecule has 2 aromatic rings. The van der Waals surface area contributed by atoms with Gasteiger partial charge < -0.3 is 9.47 Å². The summed E-state index contributed by atoms with van der Waals surface area (Å²) in [6, 6.07) is 14.0. The highest BCUT2D eigenvalue weighted by atomic mass is 32.1. The average Bonchev–Trinajstić information content (AvgIpc) is 2.76. The normalized spacial score (nSPS) is 16.2. The summed E-state index contributed by atoms with van der Waals surface area (Å²) in [7, 11) is 2.85. The van der Waals surface area contributed by atoms with Gasteiger partial charge >= 0.3 is 5.97 Å². The number of hydrogen-bond acceptors (Lipinski definition) is 6. The van der Waals surface area contributed by atoms with E-state index < -0.39 is 18.2 Å². The number of benzene rings is 2. The number of methoxy groups -OCH3 is 2. The van der Waals surface area contributed by atoms with Crippen LogP contribution in [0.15, 0.2) is 54.6 Å². The lowest BCUT2D eigenvalue weighted by molar-refractivity contribution is -0.142. The number of anilines is 1. The number of fused-ring (bicyclic) bond motifs is 1. The minimum Gasteiger partial charge on any atom is -0.496 e. The molecule has 1 heterocycles. The average molecular weight is 398 g/mol. The SMILES string of the molecule is COC(=O)C(CS)N[C@@H]1C=Cc2ccccc2N1C(=O)c1ccccc1OC. The maximum atomic E-state index is 13.5. The van der Waals surface area contributed by atoms with E-state index in [2.05, 4.69) is 17.9 Å². The van der Waals surface area contributed by atoms with Crippen molar-refractivity contribution >= 4 is 36.3 Å². The van der Waals surface area contributed by atoms with Crippen LogP contribution in [0.5, 0.6) is 5.75 Å². The van der Waals surface area contributed by atoms with Crippen molar-refractivity contribution in [2.45, 2.75) is 12.2 Å². The number of para-hydroxylation sites is 2. The number of amides is 1. The molecule has 1 unspecified atom stereocenters. The van der Waals surface area contributed by atoms with Crippen LogP contribution >= 0.6 is 12.6 Å². The zero-order valence-electron chi connectivity index (χ0n) is 15.7. The number of ether oxygens (including phenoxy) is 2. The molecule has 0 aromatic heterocycles. The summed E-state index contributed by atoms with van der Waals surface area (Å²) in [5.41, 5.74) is 2.08. The highest BCUT2D eigenvalue weighted by Crippen LogP contribution is 2.31. The second-order valence-electron chi connectivity index (χ2n) is 6.16. The molecule has 0 saturated carbocycles. The van der Waals surface area contributed by atoms with Crippen LogP contribution in [-0.2, 0) is 9.53 Å². The first-order chi connectivity index (χ1) is 13.6. The number of rotatable bonds is 6. The van der Waals surface area contributed by atoms with Crippen molar-refractivity contribution in [1.29, 1.82) is 0 Å². The van der Waals surface area contributed by atoms with E-state index in [9.17, 15) is 9.59 Å². The largest absolute Gasteiger partial charge is 0.496 e. The molecule has 7 heteroatoms. The molecule has 0 spiro atoms. The summed E-state index contributed by atoms with van der Waals surface area (Å²) in [4.78, 5) is 27.1. The molecule has 28 heavy (non-hydrogen) atoms. The maximum Gasteiger partial charge on any atom is 0.323 e. The third kappa shape index (κ3) is 3.90. The van der Waals surface area contributed by atoms with Crippen LogP contribution < -0.4 is 15.0 Å². The lowest BCUT2D eigenvalue weighted by atomic mass is 10.0. The fraction of sp³-hybridized carbons (Fsp3) is 0.238. The quantitative estimate of drug-likeness (QED) is 0.579. The van der Waals surface area contributed by atoms with Gasteiger partial charge in [-0.3, -0.25) is 19.8 Å². The molecule has 3 rings (SSSR count). The predicted octanol–water partition coefficient (Wildman–Crippen LogP) is 2.76. The van der Waals surface area contributed by atoms with Gasteiger partial charge in [-0.05, 0) is 29.8 Å². The standard InChI is InChI=1S/C21H22N2O4S/c1-26-18-10-6-4-8-15(18)20(24)23-17-9-5-3-7-14(17)11-12-19(23)22-16(13-28)21(25)27-2/h3-12,16,19,22,28H,13H2,1-2H3/t16?,19-/m0/s1. The second-order valence-corrected chi connectivity index (χ2v) is 6.53. The summed E-state index contributed by atoms with van der Waals surface area (Å²) in [5, 5.41) is 3.16. The molecule has 0 bridgehead atoms. The molecular formula is C21H22N2O4S. The van der Waals surface area contributed by atoms with Crippen LogP contribution in [0, 0.1) is 0 Å². The van der Waals surface area contributed by atoms with Gasteiger partial charge in [0.25, 0.3) is 5.91 Å². The Kier molecular flexibility index (Phi) is 6.38. The van der Waals surface area contributed by atoms with Crippen LogP contribution in [0.25, 0.3) is 6.08 Å². The van der Waals surface area contributed by atoms with E-state index in [0.29, 0.717) is 11.3 Å². The molecule has 2 atom stereocenters. The first-order valence-corrected chi connectivity index (χ1v) is 9.42. The van der Waals surface area contributed by atoms with Crippen molar-refractivity contribution in [1.82, 2.24) is 5.32 Å². The van der Waals surface area contributed by atoms with E-state index in [0.717, 1.165) is 11.3 Å². The van der Waals surface area contributed by atoms with Gasteiger partial charge in [-0.1, -0.05) is 36.4 Å². The number of esters is 1. The van der Waals surface area contributed by atoms with Crippen LogP contribution in [0.2, 0.25) is 0 Å². The highest BCUT2D eigenvalue weighted by molar-refractivity contribution is 7.80. The topological polar surface area (TPSA) is 67.9 Å². The van der Waals surface area contributed by atoms with Crippen LogP contribution in [-0.4, -0.2) is 44.1 Å². The fourth-order valence-corrected chi connectivity index (χ4v) is 3.39. The third-order valence-corrected chi connectivity index (χ3v) is 4.89. The summed E-state index contributed by atoms with van der Waals surface area (Å²) < 4.78 is 10.2. The lowest BCUT2D eigenvalue weighted by Crippen LogP contribution is -2.55. The minimum absolute atomic E-state index is 0.231. The Labute approximate surface area is 169 Å². The van der Waals surface area contributed by atoms with Gasteiger partial charge in [0.15, 0.2) is 0 Å². The summed E-state index contributed by atoms with van der Waals surface area (Å²) >= 11 is 4.24. The number of nitrogens with one attached hydrogen (secondary N) is 1. The zero-order valence-corrected chi connectivity index (χ0v) is 16.6. The Bertz CT molecular complexity index is 899. The summed E-state index contributed by atoms with van der Waals surface area (Å²) in [5.74, 6) is 0.0356. The molecule has 0 fully saturated rings. The van der Waals surface area contributed by atoms with E-state index in [1.54, 1.807) is 23.1 Å². The molecule has 0 aliphatic carbocycles. The Balaban J connectivity index is 2.02. The number of thiol groups is 1. The Hall–Kier alpha value is -2.77. The Morgan fingerprint density at radius 2 is 1.86 bits per heavy atom. The van der Waals surface area contributed by atoms with Crippen molar-refractivity contribution in [2.75, 3.05) is 24.9 Å². The predicted molar refractivity (Wildman–Crippen MR) is 112 cm³/mol. The first-order valence-electron chi connectivity index (χ1n) is 8.79. The fourth-order valence-electron chi connectivity index (χ4n) is 3.14. The second kappa shape index (κ2) is 8.95. The summed E-state index contributed by atoms with van der Waals surface area (Å²) in [6.07, 6.45) is 3.21. The molecule has 2 aromatic carbocycles. The summed E-state index contributed by atoms with van der Waals surface area (Å²) in [6.45, 7) is 0. The van der Waals surface area contributed by atoms with Crippen molar-refractivity contribution in [3.63, 3.8) is 0 Å². The van der Waals surface area contributed by atoms with Crippen molar-refractivity contribution in [2.24, 2.45) is 0 Å². The molecule has 0 saturated heterocycles. The molecule has 0 radical (unpaired) electrons. The van der Waals surface area contributed by atoms with E-state index in [4.69, 9.17) is 9.47 Å². The molecule has 1 aliphatic rings. The molecular weight excluding hydrogens is 376 g/mol. The van der Waals surface area contributed by atoms with Gasteiger partial charge in [0.2, 0.25) is 0 Å². The first kappa shape index (κ1) is 20.0. The van der Waals surface area contributed by atoms with E-state index in [-0.39, 0.29) is 11.7 Å². The molecule has 146 valence electrons. The minimum atomic E-state index is -0.666. The van der Waals surface area contributed by atoms with Gasteiger partial charge in [-0.25, -0.2) is 0 Å². The monoisotopic (exact) mass is 398 g/mol. The number of carbonyl (C=O) groups is 2. The van der Waals surface area contributed by atoms with E-state index >= 15 is 0 Å². The molecule has 6 nitrogen and oxygen atoms in total. The number of hydrogen-bond donors (Lipinski definition) is 2. The molecule has 1 N–H and O–H groups in total. The van der Waals surface area contributed by atoms with Crippen LogP contribution in [0.4, 0.5) is 5.69 Å². The van der Waals surface area contributed by atoms with Crippen LogP contribution in [0.1, 0.15) is 15.9 Å². The van der Waals surface area contributed by atoms with E-state index in [1.165, 1.54) is 14.2 Å². The van der Waals surface area contributed by atoms with Gasteiger partial charge in [-0.2, -0.15) is 12.6 Å². The van der Waals surface area contributed by atoms with Gasteiger partial charge in [0.05, 0.1) is 25.5 Å². The van der Waals surface area contributed by atoms with Gasteiger partial charge in [0.1, 0.15) is 18.0 Å². The van der Waals surface area contributed by atoms with Crippen molar-refractivity contribution < 1.29 is 19.1 Å². The molecule has 1 amide bonds. The highest BCUT2D eigenvalue weighted by Gasteiger charge is 2.33. The zero-order chi connectivity index (χ0) is 20.1. The maximum absolute atomic E-state index is 13.5. The Morgan fingerprint density at radius 3 is 2.57 bits per heavy atom. The Morgan fingerprint density at radius 1 is 1.14 bits per heavy atom. The van der Waals surface area contributed by atoms with E-state index in [1.807, 2.05) is 42.5 Å². The number of nitrogens with zero attached hydrogens (tertiary/aromatic N) is 1. The number of carbonyl (C=O) groups excluding carboxylic acids is 2. The van der Waals surface area contributed by atoms with Gasteiger partial charge in [-0.15, -0.1) is 0 Å². The van der Waals surface area contributed by atoms with Gasteiger partial charge in [0, 0.05) is 5.75 Å². The smallest absolute Gasteiger partial charge is 0.323 e. The lowest BCUT2D eigenvalue weighted by Gasteiger charge is -2.36.